The number of hydrogen-bond acceptors (Lipinski definition) is 6. The van der Waals surface area contributed by atoms with E-state index in [2.05, 4.69) is 51.6 Å². The maximum Gasteiger partial charge on any atom is 0.291 e. The van der Waals surface area contributed by atoms with Gasteiger partial charge in [-0.3, -0.25) is 14.4 Å². The first-order valence-corrected chi connectivity index (χ1v) is 14.5. The van der Waals surface area contributed by atoms with E-state index in [1.54, 1.807) is 31.2 Å². The van der Waals surface area contributed by atoms with Crippen molar-refractivity contribution in [1.29, 1.82) is 0 Å². The summed E-state index contributed by atoms with van der Waals surface area (Å²) in [5.74, 6) is 0.504. The number of nitrogens with zero attached hydrogens (tertiary/aromatic N) is 3. The minimum Gasteiger partial charge on any atom is -0.456 e. The molecule has 9 nitrogen and oxygen atoms in total. The molecule has 2 aliphatic rings. The van der Waals surface area contributed by atoms with Crippen LogP contribution in [-0.4, -0.2) is 68.4 Å². The molecular weight excluding hydrogens is 518 g/mol. The molecule has 216 valence electrons. The number of carbonyl (C=O) groups is 3. The first-order chi connectivity index (χ1) is 19.9. The second-order valence-corrected chi connectivity index (χ2v) is 10.8. The Morgan fingerprint density at radius 1 is 0.854 bits per heavy atom. The van der Waals surface area contributed by atoms with E-state index in [1.165, 1.54) is 11.3 Å². The molecule has 3 amide bonds. The zero-order valence-electron chi connectivity index (χ0n) is 23.9. The number of para-hydroxylation sites is 1. The van der Waals surface area contributed by atoms with Gasteiger partial charge in [0.25, 0.3) is 11.8 Å². The number of aryl methyl sites for hydroxylation is 2. The Labute approximate surface area is 241 Å². The van der Waals surface area contributed by atoms with Crippen molar-refractivity contribution in [1.82, 2.24) is 10.2 Å². The first-order valence-electron chi connectivity index (χ1n) is 14.5. The molecule has 0 aliphatic carbocycles. The van der Waals surface area contributed by atoms with Crippen LogP contribution < -0.4 is 20.4 Å². The second-order valence-electron chi connectivity index (χ2n) is 10.8. The number of likely N-dealkylation sites (tertiary alicyclic amines) is 1. The lowest BCUT2D eigenvalue weighted by Crippen LogP contribution is -2.47. The Balaban J connectivity index is 1.27. The summed E-state index contributed by atoms with van der Waals surface area (Å²) >= 11 is 0. The molecule has 1 aromatic heterocycles. The zero-order valence-corrected chi connectivity index (χ0v) is 23.9. The van der Waals surface area contributed by atoms with Crippen molar-refractivity contribution in [2.75, 3.05) is 60.9 Å². The van der Waals surface area contributed by atoms with Crippen molar-refractivity contribution in [3.05, 3.63) is 77.2 Å². The molecule has 9 heteroatoms. The average Bonchev–Trinajstić information content (AvgIpc) is 3.43. The Kier molecular flexibility index (Phi) is 8.91. The van der Waals surface area contributed by atoms with Crippen LogP contribution in [0.5, 0.6) is 0 Å². The van der Waals surface area contributed by atoms with E-state index in [4.69, 9.17) is 4.42 Å². The summed E-state index contributed by atoms with van der Waals surface area (Å²) in [5.41, 5.74) is 4.39. The molecule has 0 radical (unpaired) electrons. The van der Waals surface area contributed by atoms with Crippen molar-refractivity contribution in [2.45, 2.75) is 39.5 Å². The van der Waals surface area contributed by atoms with Gasteiger partial charge in [0.15, 0.2) is 5.76 Å². The highest BCUT2D eigenvalue weighted by Gasteiger charge is 2.23. The molecule has 0 spiro atoms. The summed E-state index contributed by atoms with van der Waals surface area (Å²) < 4.78 is 5.54. The van der Waals surface area contributed by atoms with Gasteiger partial charge < -0.3 is 29.8 Å². The van der Waals surface area contributed by atoms with E-state index >= 15 is 0 Å². The normalized spacial score (nSPS) is 15.7. The van der Waals surface area contributed by atoms with Gasteiger partial charge in [0.2, 0.25) is 5.91 Å². The molecule has 2 aliphatic heterocycles. The highest BCUT2D eigenvalue weighted by Crippen LogP contribution is 2.30. The molecule has 2 fully saturated rings. The lowest BCUT2D eigenvalue weighted by Gasteiger charge is -2.38. The zero-order chi connectivity index (χ0) is 28.8. The Morgan fingerprint density at radius 3 is 2.32 bits per heavy atom. The van der Waals surface area contributed by atoms with Gasteiger partial charge >= 0.3 is 0 Å². The van der Waals surface area contributed by atoms with Gasteiger partial charge in [-0.15, -0.1) is 0 Å². The van der Waals surface area contributed by atoms with Crippen molar-refractivity contribution < 1.29 is 18.8 Å². The fourth-order valence-corrected chi connectivity index (χ4v) is 5.57. The lowest BCUT2D eigenvalue weighted by molar-refractivity contribution is -0.133. The van der Waals surface area contributed by atoms with Gasteiger partial charge in [-0.2, -0.15) is 0 Å². The molecule has 3 heterocycles. The summed E-state index contributed by atoms with van der Waals surface area (Å²) in [6.45, 7) is 9.08. The van der Waals surface area contributed by atoms with E-state index in [-0.39, 0.29) is 23.5 Å². The number of furan rings is 1. The van der Waals surface area contributed by atoms with Crippen molar-refractivity contribution in [2.24, 2.45) is 0 Å². The lowest BCUT2D eigenvalue weighted by atomic mass is 10.1. The highest BCUT2D eigenvalue weighted by atomic mass is 16.3. The maximum absolute atomic E-state index is 13.0. The predicted molar refractivity (Wildman–Crippen MR) is 161 cm³/mol. The van der Waals surface area contributed by atoms with Crippen molar-refractivity contribution >= 4 is 34.8 Å². The number of nitrogens with one attached hydrogen (secondary N) is 2. The standard InChI is InChI=1S/C32H39N5O4/c1-23-8-3-4-9-27(23)35-18-20-36(21-19-35)28-13-12-25(22-26(28)34-32(40)29-14-11-24(2)41-29)31(39)33-15-7-17-37-16-6-5-10-30(37)38/h3-4,8-9,11-14,22H,5-7,10,15-21H2,1-2H3,(H,33,39)(H,34,40). The summed E-state index contributed by atoms with van der Waals surface area (Å²) in [7, 11) is 0. The van der Waals surface area contributed by atoms with E-state index in [9.17, 15) is 14.4 Å². The third-order valence-electron chi connectivity index (χ3n) is 7.86. The SMILES string of the molecule is Cc1ccc(C(=O)Nc2cc(C(=O)NCCCN3CCCCC3=O)ccc2N2CCN(c3ccccc3C)CC2)o1. The summed E-state index contributed by atoms with van der Waals surface area (Å²) in [6.07, 6.45) is 3.31. The summed E-state index contributed by atoms with van der Waals surface area (Å²) in [6, 6.07) is 17.3. The van der Waals surface area contributed by atoms with Crippen LogP contribution in [0.15, 0.2) is 59.0 Å². The van der Waals surface area contributed by atoms with Crippen LogP contribution in [0.2, 0.25) is 0 Å². The van der Waals surface area contributed by atoms with Crippen molar-refractivity contribution in [3.8, 4) is 0 Å². The fraction of sp³-hybridized carbons (Fsp3) is 0.406. The van der Waals surface area contributed by atoms with E-state index < -0.39 is 0 Å². The molecular formula is C32H39N5O4. The van der Waals surface area contributed by atoms with Crippen LogP contribution in [0, 0.1) is 13.8 Å². The van der Waals surface area contributed by atoms with Crippen LogP contribution >= 0.6 is 0 Å². The fourth-order valence-electron chi connectivity index (χ4n) is 5.57. The minimum atomic E-state index is -0.360. The number of piperidine rings is 1. The molecule has 0 atom stereocenters. The van der Waals surface area contributed by atoms with Gasteiger partial charge in [0, 0.05) is 63.5 Å². The summed E-state index contributed by atoms with van der Waals surface area (Å²) in [5, 5.41) is 5.96. The molecule has 2 N–H and O–H groups in total. The largest absolute Gasteiger partial charge is 0.456 e. The number of amides is 3. The van der Waals surface area contributed by atoms with Crippen LogP contribution in [0.25, 0.3) is 0 Å². The molecule has 3 aromatic rings. The van der Waals surface area contributed by atoms with Gasteiger partial charge in [0.05, 0.1) is 11.4 Å². The molecule has 0 unspecified atom stereocenters. The Morgan fingerprint density at radius 2 is 1.61 bits per heavy atom. The molecule has 2 aromatic carbocycles. The van der Waals surface area contributed by atoms with Gasteiger partial charge in [-0.1, -0.05) is 18.2 Å². The van der Waals surface area contributed by atoms with Crippen LogP contribution in [0.1, 0.15) is 57.9 Å². The second kappa shape index (κ2) is 12.9. The van der Waals surface area contributed by atoms with Gasteiger partial charge in [-0.25, -0.2) is 0 Å². The van der Waals surface area contributed by atoms with E-state index in [1.807, 2.05) is 11.0 Å². The third-order valence-corrected chi connectivity index (χ3v) is 7.86. The smallest absolute Gasteiger partial charge is 0.291 e. The number of piperazine rings is 1. The van der Waals surface area contributed by atoms with E-state index in [0.717, 1.165) is 51.3 Å². The van der Waals surface area contributed by atoms with Crippen LogP contribution in [0.3, 0.4) is 0 Å². The van der Waals surface area contributed by atoms with Crippen LogP contribution in [-0.2, 0) is 4.79 Å². The molecule has 5 rings (SSSR count). The number of anilines is 3. The topological polar surface area (TPSA) is 98.1 Å². The minimum absolute atomic E-state index is 0.199. The van der Waals surface area contributed by atoms with Crippen molar-refractivity contribution in [3.63, 3.8) is 0 Å². The molecule has 0 bridgehead atoms. The Hall–Kier alpha value is -4.27. The summed E-state index contributed by atoms with van der Waals surface area (Å²) in [4.78, 5) is 44.6. The number of carbonyl (C=O) groups excluding carboxylic acids is 3. The number of benzene rings is 2. The average molecular weight is 558 g/mol. The first kappa shape index (κ1) is 28.3. The van der Waals surface area contributed by atoms with E-state index in [0.29, 0.717) is 42.9 Å². The molecule has 2 saturated heterocycles. The monoisotopic (exact) mass is 557 g/mol. The van der Waals surface area contributed by atoms with Gasteiger partial charge in [0.1, 0.15) is 5.76 Å². The maximum atomic E-state index is 13.0. The number of rotatable bonds is 9. The Bertz CT molecular complexity index is 1390. The molecule has 0 saturated carbocycles. The highest BCUT2D eigenvalue weighted by molar-refractivity contribution is 6.05. The third kappa shape index (κ3) is 6.90. The predicted octanol–water partition coefficient (Wildman–Crippen LogP) is 4.61. The number of hydrogen-bond donors (Lipinski definition) is 2. The quantitative estimate of drug-likeness (QED) is 0.373. The van der Waals surface area contributed by atoms with Crippen LogP contribution in [0.4, 0.5) is 17.1 Å². The van der Waals surface area contributed by atoms with Gasteiger partial charge in [-0.05, 0) is 75.1 Å². The molecule has 41 heavy (non-hydrogen) atoms.